The standard InChI is InChI=1S/C11H23NO2/c1-11(2,8-13)7-12-9-4-5-10(6-9)14-3/h9-10,12-13H,4-8H2,1-3H3. The van der Waals surface area contributed by atoms with Crippen LogP contribution < -0.4 is 5.32 Å². The van der Waals surface area contributed by atoms with Crippen molar-refractivity contribution in [1.82, 2.24) is 5.32 Å². The van der Waals surface area contributed by atoms with Gasteiger partial charge in [-0.05, 0) is 19.3 Å². The van der Waals surface area contributed by atoms with Crippen LogP contribution in [0, 0.1) is 5.41 Å². The monoisotopic (exact) mass is 201 g/mol. The molecule has 0 aromatic rings. The van der Waals surface area contributed by atoms with Gasteiger partial charge in [0, 0.05) is 31.7 Å². The number of hydrogen-bond donors (Lipinski definition) is 2. The Morgan fingerprint density at radius 1 is 1.43 bits per heavy atom. The van der Waals surface area contributed by atoms with E-state index in [4.69, 9.17) is 9.84 Å². The van der Waals surface area contributed by atoms with Gasteiger partial charge in [-0.15, -0.1) is 0 Å². The van der Waals surface area contributed by atoms with Gasteiger partial charge < -0.3 is 15.2 Å². The van der Waals surface area contributed by atoms with E-state index in [1.807, 2.05) is 0 Å². The Morgan fingerprint density at radius 3 is 2.64 bits per heavy atom. The Hall–Kier alpha value is -0.120. The van der Waals surface area contributed by atoms with Crippen molar-refractivity contribution in [2.75, 3.05) is 20.3 Å². The van der Waals surface area contributed by atoms with Gasteiger partial charge in [0.25, 0.3) is 0 Å². The normalized spacial score (nSPS) is 28.3. The number of aliphatic hydroxyl groups is 1. The van der Waals surface area contributed by atoms with Gasteiger partial charge in [0.15, 0.2) is 0 Å². The summed E-state index contributed by atoms with van der Waals surface area (Å²) in [5, 5.41) is 12.6. The number of nitrogens with one attached hydrogen (secondary N) is 1. The molecule has 84 valence electrons. The molecule has 0 amide bonds. The number of methoxy groups -OCH3 is 1. The molecule has 0 aliphatic heterocycles. The Labute approximate surface area is 86.8 Å². The molecule has 2 atom stereocenters. The third kappa shape index (κ3) is 3.56. The molecule has 0 radical (unpaired) electrons. The predicted molar refractivity (Wildman–Crippen MR) is 57.3 cm³/mol. The van der Waals surface area contributed by atoms with E-state index in [2.05, 4.69) is 19.2 Å². The quantitative estimate of drug-likeness (QED) is 0.701. The summed E-state index contributed by atoms with van der Waals surface area (Å²) in [5.74, 6) is 0. The molecular formula is C11H23NO2. The van der Waals surface area contributed by atoms with Crippen LogP contribution in [0.4, 0.5) is 0 Å². The highest BCUT2D eigenvalue weighted by Gasteiger charge is 2.26. The van der Waals surface area contributed by atoms with E-state index in [9.17, 15) is 0 Å². The van der Waals surface area contributed by atoms with Crippen molar-refractivity contribution in [2.24, 2.45) is 5.41 Å². The van der Waals surface area contributed by atoms with E-state index in [0.29, 0.717) is 12.1 Å². The van der Waals surface area contributed by atoms with Gasteiger partial charge in [-0.1, -0.05) is 13.8 Å². The van der Waals surface area contributed by atoms with Crippen LogP contribution in [0.1, 0.15) is 33.1 Å². The van der Waals surface area contributed by atoms with Crippen molar-refractivity contribution in [3.8, 4) is 0 Å². The van der Waals surface area contributed by atoms with Crippen LogP contribution in [0.15, 0.2) is 0 Å². The smallest absolute Gasteiger partial charge is 0.0586 e. The van der Waals surface area contributed by atoms with Gasteiger partial charge in [-0.25, -0.2) is 0 Å². The Balaban J connectivity index is 2.20. The molecule has 1 saturated carbocycles. The van der Waals surface area contributed by atoms with Gasteiger partial charge in [-0.2, -0.15) is 0 Å². The van der Waals surface area contributed by atoms with Crippen molar-refractivity contribution >= 4 is 0 Å². The van der Waals surface area contributed by atoms with Crippen molar-refractivity contribution in [2.45, 2.75) is 45.3 Å². The zero-order valence-electron chi connectivity index (χ0n) is 9.55. The maximum Gasteiger partial charge on any atom is 0.0586 e. The fourth-order valence-corrected chi connectivity index (χ4v) is 1.82. The zero-order chi connectivity index (χ0) is 10.6. The van der Waals surface area contributed by atoms with Gasteiger partial charge in [0.2, 0.25) is 0 Å². The average Bonchev–Trinajstić information content (AvgIpc) is 2.63. The minimum Gasteiger partial charge on any atom is -0.396 e. The third-order valence-electron chi connectivity index (χ3n) is 3.02. The first-order valence-electron chi connectivity index (χ1n) is 5.44. The molecule has 2 N–H and O–H groups in total. The van der Waals surface area contributed by atoms with Crippen molar-refractivity contribution in [1.29, 1.82) is 0 Å². The molecule has 14 heavy (non-hydrogen) atoms. The second kappa shape index (κ2) is 5.10. The molecule has 0 spiro atoms. The first-order valence-corrected chi connectivity index (χ1v) is 5.44. The number of hydrogen-bond acceptors (Lipinski definition) is 3. The lowest BCUT2D eigenvalue weighted by atomic mass is 9.94. The molecule has 3 nitrogen and oxygen atoms in total. The van der Waals surface area contributed by atoms with Crippen molar-refractivity contribution in [3.63, 3.8) is 0 Å². The van der Waals surface area contributed by atoms with E-state index in [-0.39, 0.29) is 12.0 Å². The SMILES string of the molecule is COC1CCC(NCC(C)(C)CO)C1. The summed E-state index contributed by atoms with van der Waals surface area (Å²) in [6.07, 6.45) is 3.90. The van der Waals surface area contributed by atoms with Crippen molar-refractivity contribution < 1.29 is 9.84 Å². The zero-order valence-corrected chi connectivity index (χ0v) is 9.55. The highest BCUT2D eigenvalue weighted by Crippen LogP contribution is 2.22. The predicted octanol–water partition coefficient (Wildman–Crippen LogP) is 1.16. The first-order chi connectivity index (χ1) is 6.57. The molecule has 2 unspecified atom stereocenters. The lowest BCUT2D eigenvalue weighted by Gasteiger charge is -2.24. The van der Waals surface area contributed by atoms with E-state index in [0.717, 1.165) is 19.4 Å². The fourth-order valence-electron chi connectivity index (χ4n) is 1.82. The summed E-state index contributed by atoms with van der Waals surface area (Å²) >= 11 is 0. The molecule has 1 rings (SSSR count). The molecule has 0 bridgehead atoms. The molecule has 1 aliphatic rings. The summed E-state index contributed by atoms with van der Waals surface area (Å²) in [6.45, 7) is 5.26. The molecule has 3 heteroatoms. The summed E-state index contributed by atoms with van der Waals surface area (Å²) in [5.41, 5.74) is -0.00877. The van der Waals surface area contributed by atoms with E-state index in [1.165, 1.54) is 6.42 Å². The average molecular weight is 201 g/mol. The maximum atomic E-state index is 9.10. The largest absolute Gasteiger partial charge is 0.396 e. The number of rotatable bonds is 5. The molecular weight excluding hydrogens is 178 g/mol. The van der Waals surface area contributed by atoms with Crippen LogP contribution in [0.5, 0.6) is 0 Å². The maximum absolute atomic E-state index is 9.10. The summed E-state index contributed by atoms with van der Waals surface area (Å²) < 4.78 is 5.31. The van der Waals surface area contributed by atoms with Crippen LogP contribution in [0.25, 0.3) is 0 Å². The lowest BCUT2D eigenvalue weighted by molar-refractivity contribution is 0.105. The summed E-state index contributed by atoms with van der Waals surface area (Å²) in [6, 6.07) is 0.575. The number of aliphatic hydroxyl groups excluding tert-OH is 1. The van der Waals surface area contributed by atoms with Crippen LogP contribution in [0.2, 0.25) is 0 Å². The van der Waals surface area contributed by atoms with E-state index in [1.54, 1.807) is 7.11 Å². The van der Waals surface area contributed by atoms with Crippen LogP contribution >= 0.6 is 0 Å². The summed E-state index contributed by atoms with van der Waals surface area (Å²) in [7, 11) is 1.78. The molecule has 1 fully saturated rings. The third-order valence-corrected chi connectivity index (χ3v) is 3.02. The fraction of sp³-hybridized carbons (Fsp3) is 1.00. The number of ether oxygens (including phenoxy) is 1. The molecule has 0 saturated heterocycles. The minimum atomic E-state index is -0.00877. The van der Waals surface area contributed by atoms with Crippen molar-refractivity contribution in [3.05, 3.63) is 0 Å². The van der Waals surface area contributed by atoms with Gasteiger partial charge in [0.1, 0.15) is 0 Å². The topological polar surface area (TPSA) is 41.5 Å². The summed E-state index contributed by atoms with van der Waals surface area (Å²) in [4.78, 5) is 0. The Kier molecular flexibility index (Phi) is 4.35. The van der Waals surface area contributed by atoms with E-state index >= 15 is 0 Å². The first kappa shape index (κ1) is 12.0. The van der Waals surface area contributed by atoms with Crippen LogP contribution in [-0.2, 0) is 4.74 Å². The second-order valence-electron chi connectivity index (χ2n) is 5.07. The molecule has 0 aromatic heterocycles. The van der Waals surface area contributed by atoms with Crippen LogP contribution in [-0.4, -0.2) is 37.5 Å². The molecule has 1 aliphatic carbocycles. The molecule has 0 aromatic carbocycles. The molecule has 0 heterocycles. The minimum absolute atomic E-state index is 0.00877. The Bertz CT molecular complexity index is 171. The van der Waals surface area contributed by atoms with Gasteiger partial charge in [-0.3, -0.25) is 0 Å². The van der Waals surface area contributed by atoms with E-state index < -0.39 is 0 Å². The lowest BCUT2D eigenvalue weighted by Crippen LogP contribution is -2.37. The van der Waals surface area contributed by atoms with Gasteiger partial charge in [0.05, 0.1) is 6.10 Å². The van der Waals surface area contributed by atoms with Crippen LogP contribution in [0.3, 0.4) is 0 Å². The van der Waals surface area contributed by atoms with Gasteiger partial charge >= 0.3 is 0 Å². The highest BCUT2D eigenvalue weighted by atomic mass is 16.5. The highest BCUT2D eigenvalue weighted by molar-refractivity contribution is 4.83. The second-order valence-corrected chi connectivity index (χ2v) is 5.07. The Morgan fingerprint density at radius 2 is 2.14 bits per heavy atom.